The van der Waals surface area contributed by atoms with Crippen LogP contribution in [-0.2, 0) is 38.2 Å². The molecule has 0 bridgehead atoms. The third-order valence-corrected chi connectivity index (χ3v) is 6.31. The van der Waals surface area contributed by atoms with Crippen molar-refractivity contribution in [1.82, 2.24) is 10.4 Å². The summed E-state index contributed by atoms with van der Waals surface area (Å²) in [5.41, 5.74) is 1.00. The molecule has 1 aromatic carbocycles. The fourth-order valence-electron chi connectivity index (χ4n) is 4.09. The van der Waals surface area contributed by atoms with Crippen LogP contribution >= 0.6 is 0 Å². The van der Waals surface area contributed by atoms with Gasteiger partial charge in [-0.15, -0.1) is 5.06 Å². The third kappa shape index (κ3) is 12.4. The Morgan fingerprint density at radius 3 is 2.17 bits per heavy atom. The zero-order chi connectivity index (χ0) is 30.0. The van der Waals surface area contributed by atoms with Gasteiger partial charge in [0.25, 0.3) is 17.7 Å². The van der Waals surface area contributed by atoms with Gasteiger partial charge in [0.15, 0.2) is 0 Å². The summed E-state index contributed by atoms with van der Waals surface area (Å²) >= 11 is 0. The molecule has 1 aromatic rings. The average molecular weight is 590 g/mol. The molecule has 2 aliphatic rings. The van der Waals surface area contributed by atoms with Crippen molar-refractivity contribution >= 4 is 35.5 Å². The fraction of sp³-hybridized carbons (Fsp3) is 0.552. The number of carbonyl (C=O) groups excluding carboxylic acids is 5. The first-order valence-electron chi connectivity index (χ1n) is 14.2. The first-order chi connectivity index (χ1) is 20.4. The Hall–Kier alpha value is -3.81. The van der Waals surface area contributed by atoms with Crippen LogP contribution in [0.4, 0.5) is 10.5 Å². The van der Waals surface area contributed by atoms with Gasteiger partial charge in [-0.25, -0.2) is 9.59 Å². The normalized spacial score (nSPS) is 17.7. The molecule has 4 amide bonds. The van der Waals surface area contributed by atoms with E-state index in [9.17, 15) is 24.0 Å². The Morgan fingerprint density at radius 2 is 1.45 bits per heavy atom. The molecule has 0 radical (unpaired) electrons. The van der Waals surface area contributed by atoms with E-state index in [1.54, 1.807) is 24.3 Å². The number of imide groups is 1. The van der Waals surface area contributed by atoms with Crippen LogP contribution in [0.2, 0.25) is 0 Å². The van der Waals surface area contributed by atoms with Crippen LogP contribution < -0.4 is 10.6 Å². The van der Waals surface area contributed by atoms with Crippen molar-refractivity contribution in [2.24, 2.45) is 0 Å². The lowest BCUT2D eigenvalue weighted by Gasteiger charge is -2.18. The summed E-state index contributed by atoms with van der Waals surface area (Å²) in [5, 5.41) is 5.98. The highest BCUT2D eigenvalue weighted by molar-refractivity contribution is 6.01. The summed E-state index contributed by atoms with van der Waals surface area (Å²) in [5.74, 6) is -2.02. The highest BCUT2D eigenvalue weighted by Gasteiger charge is 2.32. The Morgan fingerprint density at radius 1 is 0.810 bits per heavy atom. The molecule has 1 fully saturated rings. The summed E-state index contributed by atoms with van der Waals surface area (Å²) < 4.78 is 21.6. The number of carbonyl (C=O) groups is 5. The van der Waals surface area contributed by atoms with Crippen LogP contribution in [0.25, 0.3) is 0 Å². The Kier molecular flexibility index (Phi) is 14.5. The second kappa shape index (κ2) is 18.6. The molecule has 1 aliphatic carbocycles. The molecule has 230 valence electrons. The summed E-state index contributed by atoms with van der Waals surface area (Å²) in [4.78, 5) is 63.7. The highest BCUT2D eigenvalue weighted by atomic mass is 16.7. The second-order valence-electron chi connectivity index (χ2n) is 9.60. The summed E-state index contributed by atoms with van der Waals surface area (Å²) in [7, 11) is 0. The van der Waals surface area contributed by atoms with E-state index in [0.717, 1.165) is 32.1 Å². The number of anilines is 1. The van der Waals surface area contributed by atoms with E-state index < -0.39 is 23.9 Å². The van der Waals surface area contributed by atoms with Gasteiger partial charge in [-0.1, -0.05) is 12.2 Å². The van der Waals surface area contributed by atoms with Crippen LogP contribution in [0, 0.1) is 0 Å². The average Bonchev–Trinajstić information content (AvgIpc) is 3.27. The molecule has 1 aliphatic heterocycles. The number of hydroxylamine groups is 2. The number of hydrogen-bond acceptors (Lipinski definition) is 10. The molecule has 42 heavy (non-hydrogen) atoms. The van der Waals surface area contributed by atoms with Crippen molar-refractivity contribution in [3.63, 3.8) is 0 Å². The first kappa shape index (κ1) is 32.7. The predicted molar refractivity (Wildman–Crippen MR) is 149 cm³/mol. The van der Waals surface area contributed by atoms with Gasteiger partial charge in [-0.05, 0) is 56.4 Å². The van der Waals surface area contributed by atoms with Gasteiger partial charge in [0, 0.05) is 30.6 Å². The van der Waals surface area contributed by atoms with Gasteiger partial charge in [0.2, 0.25) is 0 Å². The van der Waals surface area contributed by atoms with Crippen molar-refractivity contribution in [2.75, 3.05) is 51.5 Å². The number of allylic oxidation sites excluding steroid dienone is 2. The Labute approximate surface area is 244 Å². The summed E-state index contributed by atoms with van der Waals surface area (Å²) in [6.07, 6.45) is 8.25. The first-order valence-corrected chi connectivity index (χ1v) is 14.2. The van der Waals surface area contributed by atoms with Crippen LogP contribution in [0.5, 0.6) is 0 Å². The Bertz CT molecular complexity index is 1060. The van der Waals surface area contributed by atoms with E-state index >= 15 is 0 Å². The molecule has 0 spiro atoms. The molecule has 0 aromatic heterocycles. The monoisotopic (exact) mass is 589 g/mol. The largest absolute Gasteiger partial charge is 0.446 e. The van der Waals surface area contributed by atoms with Crippen molar-refractivity contribution in [3.8, 4) is 0 Å². The van der Waals surface area contributed by atoms with E-state index in [4.69, 9.17) is 23.8 Å². The molecular formula is C29H39N3O10. The number of benzene rings is 1. The Balaban J connectivity index is 1.15. The van der Waals surface area contributed by atoms with E-state index in [0.29, 0.717) is 49.3 Å². The lowest BCUT2D eigenvalue weighted by molar-refractivity contribution is -0.198. The van der Waals surface area contributed by atoms with Gasteiger partial charge in [-0.2, -0.15) is 0 Å². The minimum absolute atomic E-state index is 0.0471. The minimum Gasteiger partial charge on any atom is -0.446 e. The minimum atomic E-state index is -0.718. The summed E-state index contributed by atoms with van der Waals surface area (Å²) in [6.45, 7) is 1.88. The van der Waals surface area contributed by atoms with E-state index in [-0.39, 0.29) is 44.5 Å². The van der Waals surface area contributed by atoms with Gasteiger partial charge < -0.3 is 29.1 Å². The summed E-state index contributed by atoms with van der Waals surface area (Å²) in [6, 6.07) is 6.56. The van der Waals surface area contributed by atoms with E-state index in [1.807, 2.05) is 0 Å². The molecule has 0 saturated carbocycles. The smallest absolute Gasteiger partial charge is 0.411 e. The number of nitrogens with zero attached hydrogens (tertiary/aromatic N) is 1. The number of amides is 4. The van der Waals surface area contributed by atoms with Gasteiger partial charge >= 0.3 is 12.1 Å². The van der Waals surface area contributed by atoms with Crippen LogP contribution in [-0.4, -0.2) is 87.1 Å². The number of rotatable bonds is 16. The maximum Gasteiger partial charge on any atom is 0.411 e. The zero-order valence-electron chi connectivity index (χ0n) is 23.7. The quantitative estimate of drug-likeness (QED) is 0.167. The van der Waals surface area contributed by atoms with Crippen molar-refractivity contribution in [1.29, 1.82) is 0 Å². The fourth-order valence-corrected chi connectivity index (χ4v) is 4.09. The number of nitrogens with one attached hydrogen (secondary N) is 2. The maximum absolute atomic E-state index is 12.3. The topological polar surface area (TPSA) is 159 Å². The second-order valence-corrected chi connectivity index (χ2v) is 9.60. The third-order valence-electron chi connectivity index (χ3n) is 6.31. The van der Waals surface area contributed by atoms with Crippen molar-refractivity contribution in [3.05, 3.63) is 42.0 Å². The van der Waals surface area contributed by atoms with Crippen LogP contribution in [0.3, 0.4) is 0 Å². The molecule has 2 N–H and O–H groups in total. The van der Waals surface area contributed by atoms with Gasteiger partial charge in [0.1, 0.15) is 6.10 Å². The van der Waals surface area contributed by atoms with Crippen molar-refractivity contribution < 1.29 is 47.8 Å². The molecular weight excluding hydrogens is 550 g/mol. The molecule has 1 saturated heterocycles. The number of hydrogen-bond donors (Lipinski definition) is 2. The maximum atomic E-state index is 12.3. The SMILES string of the molecule is O=C(CCOCCOCCOCCNC(=O)c1ccc(NC(=O)OC2CC/C=C\CCC2)cc1)ON1C(=O)CCC1=O. The molecule has 1 atom stereocenters. The predicted octanol–water partition coefficient (Wildman–Crippen LogP) is 2.90. The van der Waals surface area contributed by atoms with Crippen LogP contribution in [0.1, 0.15) is 61.7 Å². The molecule has 1 heterocycles. The lowest BCUT2D eigenvalue weighted by atomic mass is 10.0. The van der Waals surface area contributed by atoms with E-state index in [1.165, 1.54) is 0 Å². The number of ether oxygens (including phenoxy) is 4. The molecule has 13 heteroatoms. The van der Waals surface area contributed by atoms with Gasteiger partial charge in [0.05, 0.1) is 46.1 Å². The van der Waals surface area contributed by atoms with E-state index in [2.05, 4.69) is 22.8 Å². The van der Waals surface area contributed by atoms with Gasteiger partial charge in [-0.3, -0.25) is 19.7 Å². The zero-order valence-corrected chi connectivity index (χ0v) is 23.7. The lowest BCUT2D eigenvalue weighted by Crippen LogP contribution is -2.32. The molecule has 3 rings (SSSR count). The highest BCUT2D eigenvalue weighted by Crippen LogP contribution is 2.17. The van der Waals surface area contributed by atoms with Crippen LogP contribution in [0.15, 0.2) is 36.4 Å². The van der Waals surface area contributed by atoms with Crippen molar-refractivity contribution in [2.45, 2.75) is 57.5 Å². The molecule has 13 nitrogen and oxygen atoms in total. The standard InChI is InChI=1S/C29H39N3O10/c33-25-12-13-26(34)32(25)42-27(35)14-16-38-18-20-40-21-19-39-17-15-30-28(36)22-8-10-23(11-9-22)31-29(37)41-24-6-4-2-1-3-5-7-24/h1-2,8-11,24H,3-7,12-21H2,(H,30,36)(H,31,37)/b2-1-. The molecule has 1 unspecified atom stereocenters.